The molecule has 330 valence electrons. The molecule has 0 aliphatic carbocycles. The Hall–Kier alpha value is -2.71. The molecule has 0 aromatic rings. The average Bonchev–Trinajstić information content (AvgIpc) is 3.17. The normalized spacial score (nSPS) is 13.4. The molecule has 0 amide bonds. The molecule has 0 rings (SSSR count). The van der Waals surface area contributed by atoms with Crippen molar-refractivity contribution in [2.45, 2.75) is 206 Å². The minimum atomic E-state index is -0.877. The van der Waals surface area contributed by atoms with E-state index in [9.17, 15) is 19.5 Å². The quantitative estimate of drug-likeness (QED) is 0.0216. The molecule has 0 aromatic carbocycles. The third kappa shape index (κ3) is 38.6. The van der Waals surface area contributed by atoms with Gasteiger partial charge in [-0.2, -0.15) is 0 Å². The van der Waals surface area contributed by atoms with Crippen LogP contribution < -0.4 is 0 Å². The molecule has 0 spiro atoms. The van der Waals surface area contributed by atoms with Crippen molar-refractivity contribution < 1.29 is 38.2 Å². The van der Waals surface area contributed by atoms with Gasteiger partial charge in [0.1, 0.15) is 6.61 Å². The first kappa shape index (κ1) is 54.3. The number of hydrogen-bond acceptors (Lipinski definition) is 6. The fraction of sp³-hybridized carbons (Fsp3) is 0.776. The summed E-state index contributed by atoms with van der Waals surface area (Å²) in [5.41, 5.74) is 0. The molecule has 0 fully saturated rings. The zero-order chi connectivity index (χ0) is 42.1. The molecule has 2 atom stereocenters. The molecule has 57 heavy (non-hydrogen) atoms. The van der Waals surface area contributed by atoms with Crippen LogP contribution in [0.5, 0.6) is 0 Å². The number of unbranched alkanes of at least 4 members (excludes halogenated alkanes) is 20. The summed E-state index contributed by atoms with van der Waals surface area (Å²) in [6, 6.07) is -0.617. The van der Waals surface area contributed by atoms with E-state index in [1.807, 2.05) is 21.1 Å². The number of carboxylic acid groups (broad SMARTS) is 1. The lowest BCUT2D eigenvalue weighted by Crippen LogP contribution is -2.50. The molecule has 0 aliphatic rings. The van der Waals surface area contributed by atoms with Crippen molar-refractivity contribution in [3.63, 3.8) is 0 Å². The van der Waals surface area contributed by atoms with Gasteiger partial charge in [0.05, 0.1) is 34.4 Å². The van der Waals surface area contributed by atoms with Gasteiger partial charge in [0.2, 0.25) is 0 Å². The van der Waals surface area contributed by atoms with Gasteiger partial charge >= 0.3 is 17.9 Å². The molecule has 8 heteroatoms. The Kier molecular flexibility index (Phi) is 38.2. The SMILES string of the molecule is CC/C=C/C/C=C/CCCCCCCCCC(=O)OC(COCCC(C(=O)O)[N+](C)(C)C)COC(=O)CCCCCCCCCCCC/C=C/C=C/CCCCC. The van der Waals surface area contributed by atoms with E-state index in [1.54, 1.807) is 0 Å². The van der Waals surface area contributed by atoms with Gasteiger partial charge in [-0.25, -0.2) is 4.79 Å². The maximum absolute atomic E-state index is 12.7. The van der Waals surface area contributed by atoms with E-state index in [0.717, 1.165) is 57.8 Å². The number of hydrogen-bond donors (Lipinski definition) is 1. The third-order valence-corrected chi connectivity index (χ3v) is 10.2. The first-order chi connectivity index (χ1) is 27.6. The Labute approximate surface area is 350 Å². The smallest absolute Gasteiger partial charge is 0.362 e. The van der Waals surface area contributed by atoms with Gasteiger partial charge in [0, 0.05) is 19.3 Å². The highest BCUT2D eigenvalue weighted by Crippen LogP contribution is 2.15. The summed E-state index contributed by atoms with van der Waals surface area (Å²) in [6.45, 7) is 4.60. The van der Waals surface area contributed by atoms with Gasteiger partial charge in [-0.3, -0.25) is 9.59 Å². The summed E-state index contributed by atoms with van der Waals surface area (Å²) in [6.07, 6.45) is 47.2. The molecule has 0 aromatic heterocycles. The molecule has 0 heterocycles. The van der Waals surface area contributed by atoms with Crippen molar-refractivity contribution in [3.8, 4) is 0 Å². The summed E-state index contributed by atoms with van der Waals surface area (Å²) < 4.78 is 17.3. The highest BCUT2D eigenvalue weighted by atomic mass is 16.6. The van der Waals surface area contributed by atoms with Crippen molar-refractivity contribution >= 4 is 17.9 Å². The zero-order valence-electron chi connectivity index (χ0n) is 37.5. The van der Waals surface area contributed by atoms with E-state index >= 15 is 0 Å². The minimum Gasteiger partial charge on any atom is -0.477 e. The van der Waals surface area contributed by atoms with E-state index in [4.69, 9.17) is 14.2 Å². The number of ether oxygens (including phenoxy) is 3. The van der Waals surface area contributed by atoms with Crippen molar-refractivity contribution in [1.82, 2.24) is 0 Å². The van der Waals surface area contributed by atoms with Crippen LogP contribution in [0.1, 0.15) is 194 Å². The van der Waals surface area contributed by atoms with Gasteiger partial charge < -0.3 is 23.8 Å². The second kappa shape index (κ2) is 40.1. The third-order valence-electron chi connectivity index (χ3n) is 10.2. The summed E-state index contributed by atoms with van der Waals surface area (Å²) in [5.74, 6) is -1.48. The van der Waals surface area contributed by atoms with Gasteiger partial charge in [-0.1, -0.05) is 159 Å². The van der Waals surface area contributed by atoms with E-state index in [-0.39, 0.29) is 36.2 Å². The lowest BCUT2D eigenvalue weighted by atomic mass is 10.1. The lowest BCUT2D eigenvalue weighted by molar-refractivity contribution is -0.887. The second-order valence-corrected chi connectivity index (χ2v) is 16.7. The van der Waals surface area contributed by atoms with E-state index < -0.39 is 18.1 Å². The first-order valence-electron chi connectivity index (χ1n) is 23.2. The zero-order valence-corrected chi connectivity index (χ0v) is 37.5. The Morgan fingerprint density at radius 1 is 0.561 bits per heavy atom. The summed E-state index contributed by atoms with van der Waals surface area (Å²) in [7, 11) is 5.52. The summed E-state index contributed by atoms with van der Waals surface area (Å²) in [4.78, 5) is 37.0. The maximum atomic E-state index is 12.7. The molecular formula is C49H88NO7+. The van der Waals surface area contributed by atoms with Crippen molar-refractivity contribution in [3.05, 3.63) is 48.6 Å². The fourth-order valence-corrected chi connectivity index (χ4v) is 6.65. The van der Waals surface area contributed by atoms with Crippen LogP contribution in [0.4, 0.5) is 0 Å². The molecule has 0 saturated carbocycles. The predicted octanol–water partition coefficient (Wildman–Crippen LogP) is 12.8. The number of nitrogens with zero attached hydrogens (tertiary/aromatic N) is 1. The van der Waals surface area contributed by atoms with Crippen LogP contribution in [-0.2, 0) is 28.6 Å². The molecule has 2 unspecified atom stereocenters. The number of esters is 2. The predicted molar refractivity (Wildman–Crippen MR) is 238 cm³/mol. The Bertz CT molecular complexity index is 1070. The number of quaternary nitrogens is 1. The van der Waals surface area contributed by atoms with Crippen molar-refractivity contribution in [2.75, 3.05) is 41.0 Å². The first-order valence-corrected chi connectivity index (χ1v) is 23.2. The van der Waals surface area contributed by atoms with Crippen LogP contribution in [0.2, 0.25) is 0 Å². The molecule has 8 nitrogen and oxygen atoms in total. The van der Waals surface area contributed by atoms with Gasteiger partial charge in [0.15, 0.2) is 12.1 Å². The monoisotopic (exact) mass is 803 g/mol. The highest BCUT2D eigenvalue weighted by molar-refractivity contribution is 5.72. The van der Waals surface area contributed by atoms with Gasteiger partial charge in [-0.15, -0.1) is 0 Å². The summed E-state index contributed by atoms with van der Waals surface area (Å²) >= 11 is 0. The van der Waals surface area contributed by atoms with E-state index in [0.29, 0.717) is 19.3 Å². The minimum absolute atomic E-state index is 0.0562. The number of aliphatic carboxylic acids is 1. The van der Waals surface area contributed by atoms with Gasteiger partial charge in [-0.05, 0) is 64.2 Å². The maximum Gasteiger partial charge on any atom is 0.362 e. The van der Waals surface area contributed by atoms with E-state index in [2.05, 4.69) is 62.5 Å². The Morgan fingerprint density at radius 2 is 1.04 bits per heavy atom. The molecule has 0 aliphatic heterocycles. The van der Waals surface area contributed by atoms with Crippen LogP contribution in [-0.4, -0.2) is 80.6 Å². The molecule has 0 bridgehead atoms. The van der Waals surface area contributed by atoms with Crippen molar-refractivity contribution in [2.24, 2.45) is 0 Å². The number of likely N-dealkylation sites (N-methyl/N-ethyl adjacent to an activating group) is 1. The van der Waals surface area contributed by atoms with E-state index in [1.165, 1.54) is 103 Å². The number of carbonyl (C=O) groups is 3. The van der Waals surface area contributed by atoms with Crippen LogP contribution in [0, 0.1) is 0 Å². The Balaban J connectivity index is 4.29. The standard InChI is InChI=1S/C49H87NO7/c1-6-8-10-12-14-16-18-20-22-23-24-25-26-28-29-31-33-35-37-39-47(51)56-44-45(43-55-42-41-46(49(53)54)50(3,4)5)57-48(52)40-38-36-34-32-30-27-21-19-17-15-13-11-9-7-2/h9,11,14-18,20,45-46H,6-8,10,12-13,19,21-44H2,1-5H3/p+1/b11-9+,16-14+,17-15+,20-18+. The second-order valence-electron chi connectivity index (χ2n) is 16.7. The number of rotatable bonds is 41. The van der Waals surface area contributed by atoms with Crippen LogP contribution in [0.25, 0.3) is 0 Å². The van der Waals surface area contributed by atoms with Gasteiger partial charge in [0.25, 0.3) is 0 Å². The number of allylic oxidation sites excluding steroid dienone is 8. The van der Waals surface area contributed by atoms with Crippen molar-refractivity contribution in [1.29, 1.82) is 0 Å². The molecular weight excluding hydrogens is 715 g/mol. The molecule has 1 N–H and O–H groups in total. The van der Waals surface area contributed by atoms with Crippen LogP contribution >= 0.6 is 0 Å². The van der Waals surface area contributed by atoms with Crippen LogP contribution in [0.3, 0.4) is 0 Å². The molecule has 0 saturated heterocycles. The fourth-order valence-electron chi connectivity index (χ4n) is 6.65. The largest absolute Gasteiger partial charge is 0.477 e. The summed E-state index contributed by atoms with van der Waals surface area (Å²) in [5, 5.41) is 9.63. The number of carboxylic acids is 1. The topological polar surface area (TPSA) is 99.1 Å². The van der Waals surface area contributed by atoms with Crippen LogP contribution in [0.15, 0.2) is 48.6 Å². The lowest BCUT2D eigenvalue weighted by Gasteiger charge is -2.31. The average molecular weight is 803 g/mol. The highest BCUT2D eigenvalue weighted by Gasteiger charge is 2.31. The Morgan fingerprint density at radius 3 is 1.54 bits per heavy atom. The molecule has 0 radical (unpaired) electrons. The number of carbonyl (C=O) groups excluding carboxylic acids is 2.